The van der Waals surface area contributed by atoms with Gasteiger partial charge in [0.15, 0.2) is 0 Å². The summed E-state index contributed by atoms with van der Waals surface area (Å²) in [5, 5.41) is 9.10. The topological polar surface area (TPSA) is 76.2 Å². The van der Waals surface area contributed by atoms with Gasteiger partial charge in [-0.3, -0.25) is 0 Å². The average Bonchev–Trinajstić information content (AvgIpc) is 2.44. The van der Waals surface area contributed by atoms with Crippen LogP contribution in [0.4, 0.5) is 10.1 Å². The summed E-state index contributed by atoms with van der Waals surface area (Å²) in [5.74, 6) is -1.65. The van der Waals surface area contributed by atoms with Crippen LogP contribution in [0.3, 0.4) is 0 Å². The lowest BCUT2D eigenvalue weighted by Gasteiger charge is -1.91. The third kappa shape index (κ3) is 1.20. The van der Waals surface area contributed by atoms with Crippen molar-refractivity contribution in [1.29, 1.82) is 0 Å². The molecule has 2 aromatic rings. The van der Waals surface area contributed by atoms with Crippen LogP contribution in [-0.2, 0) is 0 Å². The Labute approximate surface area is 81.8 Å². The second-order valence-corrected chi connectivity index (χ2v) is 3.66. The zero-order valence-corrected chi connectivity index (χ0v) is 7.64. The predicted molar refractivity (Wildman–Crippen MR) is 50.9 cm³/mol. The van der Waals surface area contributed by atoms with Gasteiger partial charge in [0.1, 0.15) is 15.5 Å². The Kier molecular flexibility index (Phi) is 1.85. The Bertz CT molecular complexity index is 523. The van der Waals surface area contributed by atoms with E-state index in [-0.39, 0.29) is 10.6 Å². The molecule has 0 aliphatic heterocycles. The summed E-state index contributed by atoms with van der Waals surface area (Å²) in [6.07, 6.45) is 1.03. The molecule has 2 heterocycles. The SMILES string of the molecule is Nc1c(C(=O)O)sc2ncc(F)cc12. The van der Waals surface area contributed by atoms with Crippen LogP contribution < -0.4 is 5.73 Å². The van der Waals surface area contributed by atoms with Gasteiger partial charge in [-0.2, -0.15) is 0 Å². The fraction of sp³-hybridized carbons (Fsp3) is 0. The van der Waals surface area contributed by atoms with Gasteiger partial charge in [-0.15, -0.1) is 11.3 Å². The molecule has 0 fully saturated rings. The molecule has 3 N–H and O–H groups in total. The van der Waals surface area contributed by atoms with E-state index in [0.717, 1.165) is 17.5 Å². The molecular formula is C8H5FN2O2S. The van der Waals surface area contributed by atoms with E-state index in [0.29, 0.717) is 10.2 Å². The lowest BCUT2D eigenvalue weighted by atomic mass is 10.2. The van der Waals surface area contributed by atoms with E-state index >= 15 is 0 Å². The molecule has 0 aliphatic rings. The highest BCUT2D eigenvalue weighted by atomic mass is 32.1. The van der Waals surface area contributed by atoms with Crippen LogP contribution in [0.5, 0.6) is 0 Å². The highest BCUT2D eigenvalue weighted by Crippen LogP contribution is 2.32. The number of halogens is 1. The van der Waals surface area contributed by atoms with Crippen LogP contribution in [0, 0.1) is 5.82 Å². The number of aromatic nitrogens is 1. The molecule has 0 amide bonds. The zero-order valence-electron chi connectivity index (χ0n) is 6.82. The van der Waals surface area contributed by atoms with Crippen molar-refractivity contribution in [2.24, 2.45) is 0 Å². The lowest BCUT2D eigenvalue weighted by Crippen LogP contribution is -1.97. The highest BCUT2D eigenvalue weighted by Gasteiger charge is 2.16. The van der Waals surface area contributed by atoms with Gasteiger partial charge in [-0.05, 0) is 6.07 Å². The van der Waals surface area contributed by atoms with Gasteiger partial charge >= 0.3 is 5.97 Å². The van der Waals surface area contributed by atoms with Gasteiger partial charge < -0.3 is 10.8 Å². The third-order valence-corrected chi connectivity index (χ3v) is 2.86. The van der Waals surface area contributed by atoms with Crippen molar-refractivity contribution >= 4 is 33.2 Å². The van der Waals surface area contributed by atoms with Crippen molar-refractivity contribution in [3.63, 3.8) is 0 Å². The number of rotatable bonds is 1. The number of anilines is 1. The van der Waals surface area contributed by atoms with Crippen LogP contribution in [0.1, 0.15) is 9.67 Å². The lowest BCUT2D eigenvalue weighted by molar-refractivity contribution is 0.0703. The number of aromatic carboxylic acids is 1. The van der Waals surface area contributed by atoms with E-state index in [9.17, 15) is 9.18 Å². The quantitative estimate of drug-likeness (QED) is 0.754. The Morgan fingerprint density at radius 1 is 1.64 bits per heavy atom. The smallest absolute Gasteiger partial charge is 0.348 e. The van der Waals surface area contributed by atoms with Crippen LogP contribution in [-0.4, -0.2) is 16.1 Å². The molecule has 72 valence electrons. The van der Waals surface area contributed by atoms with E-state index in [4.69, 9.17) is 10.8 Å². The maximum atomic E-state index is 12.8. The number of nitrogen functional groups attached to an aromatic ring is 1. The van der Waals surface area contributed by atoms with Crippen LogP contribution in [0.2, 0.25) is 0 Å². The third-order valence-electron chi connectivity index (χ3n) is 1.75. The molecule has 0 atom stereocenters. The number of hydrogen-bond acceptors (Lipinski definition) is 4. The van der Waals surface area contributed by atoms with E-state index in [1.807, 2.05) is 0 Å². The Morgan fingerprint density at radius 3 is 3.00 bits per heavy atom. The molecule has 2 rings (SSSR count). The highest BCUT2D eigenvalue weighted by molar-refractivity contribution is 7.21. The summed E-state index contributed by atoms with van der Waals surface area (Å²) in [5.41, 5.74) is 5.61. The van der Waals surface area contributed by atoms with Gasteiger partial charge in [-0.25, -0.2) is 14.2 Å². The summed E-state index contributed by atoms with van der Waals surface area (Å²) in [6.45, 7) is 0. The maximum Gasteiger partial charge on any atom is 0.348 e. The molecule has 0 aromatic carbocycles. The zero-order chi connectivity index (χ0) is 10.3. The number of carbonyl (C=O) groups is 1. The van der Waals surface area contributed by atoms with Crippen molar-refractivity contribution < 1.29 is 14.3 Å². The van der Waals surface area contributed by atoms with Gasteiger partial charge in [0.05, 0.1) is 11.9 Å². The van der Waals surface area contributed by atoms with Gasteiger partial charge in [0, 0.05) is 5.39 Å². The maximum absolute atomic E-state index is 12.8. The molecule has 0 spiro atoms. The van der Waals surface area contributed by atoms with Gasteiger partial charge in [0.25, 0.3) is 0 Å². The normalized spacial score (nSPS) is 10.6. The van der Waals surface area contributed by atoms with Crippen molar-refractivity contribution in [2.45, 2.75) is 0 Å². The van der Waals surface area contributed by atoms with Crippen LogP contribution in [0.25, 0.3) is 10.2 Å². The number of nitrogens with two attached hydrogens (primary N) is 1. The Morgan fingerprint density at radius 2 is 2.36 bits per heavy atom. The number of fused-ring (bicyclic) bond motifs is 1. The predicted octanol–water partition coefficient (Wildman–Crippen LogP) is 1.72. The number of hydrogen-bond donors (Lipinski definition) is 2. The minimum absolute atomic E-state index is 0.00176. The summed E-state index contributed by atoms with van der Waals surface area (Å²) >= 11 is 0.938. The first-order valence-corrected chi connectivity index (χ1v) is 4.48. The summed E-state index contributed by atoms with van der Waals surface area (Å²) in [4.78, 5) is 14.9. The summed E-state index contributed by atoms with van der Waals surface area (Å²) in [7, 11) is 0. The van der Waals surface area contributed by atoms with E-state index in [2.05, 4.69) is 4.98 Å². The number of carboxylic acids is 1. The molecule has 0 unspecified atom stereocenters. The minimum Gasteiger partial charge on any atom is -0.477 e. The molecule has 14 heavy (non-hydrogen) atoms. The molecule has 0 radical (unpaired) electrons. The van der Waals surface area contributed by atoms with Crippen molar-refractivity contribution in [3.8, 4) is 0 Å². The number of thiophene rings is 1. The Balaban J connectivity index is 2.80. The van der Waals surface area contributed by atoms with Crippen LogP contribution >= 0.6 is 11.3 Å². The standard InChI is InChI=1S/C8H5FN2O2S/c9-3-1-4-5(10)6(8(12)13)14-7(4)11-2-3/h1-2H,10H2,(H,12,13). The fourth-order valence-electron chi connectivity index (χ4n) is 1.13. The molecule has 0 bridgehead atoms. The first-order chi connectivity index (χ1) is 6.59. The monoisotopic (exact) mass is 212 g/mol. The first kappa shape index (κ1) is 8.89. The van der Waals surface area contributed by atoms with Gasteiger partial charge in [0.2, 0.25) is 0 Å². The number of carboxylic acid groups (broad SMARTS) is 1. The fourth-order valence-corrected chi connectivity index (χ4v) is 2.02. The molecule has 4 nitrogen and oxygen atoms in total. The Hall–Kier alpha value is -1.69. The number of nitrogens with zero attached hydrogens (tertiary/aromatic N) is 1. The molecule has 6 heteroatoms. The molecule has 0 aliphatic carbocycles. The molecule has 2 aromatic heterocycles. The van der Waals surface area contributed by atoms with Crippen molar-refractivity contribution in [1.82, 2.24) is 4.98 Å². The molecule has 0 saturated carbocycles. The molecule has 0 saturated heterocycles. The second-order valence-electron chi connectivity index (χ2n) is 2.66. The largest absolute Gasteiger partial charge is 0.477 e. The summed E-state index contributed by atoms with van der Waals surface area (Å²) in [6, 6.07) is 1.18. The van der Waals surface area contributed by atoms with E-state index in [1.54, 1.807) is 0 Å². The van der Waals surface area contributed by atoms with E-state index < -0.39 is 11.8 Å². The first-order valence-electron chi connectivity index (χ1n) is 3.66. The number of pyridine rings is 1. The second kappa shape index (κ2) is 2.91. The van der Waals surface area contributed by atoms with Crippen LogP contribution in [0.15, 0.2) is 12.3 Å². The average molecular weight is 212 g/mol. The minimum atomic E-state index is -1.12. The van der Waals surface area contributed by atoms with E-state index in [1.165, 1.54) is 6.07 Å². The summed E-state index contributed by atoms with van der Waals surface area (Å²) < 4.78 is 12.8. The van der Waals surface area contributed by atoms with Crippen molar-refractivity contribution in [2.75, 3.05) is 5.73 Å². The van der Waals surface area contributed by atoms with Gasteiger partial charge in [-0.1, -0.05) is 0 Å². The molecular weight excluding hydrogens is 207 g/mol. The van der Waals surface area contributed by atoms with Crippen molar-refractivity contribution in [3.05, 3.63) is 23.0 Å².